The van der Waals surface area contributed by atoms with E-state index in [-0.39, 0.29) is 23.1 Å². The minimum Gasteiger partial charge on any atom is -0.494 e. The molecule has 1 atom stereocenters. The van der Waals surface area contributed by atoms with E-state index >= 15 is 0 Å². The second-order valence-electron chi connectivity index (χ2n) is 8.97. The molecule has 3 aliphatic rings. The molecular formula is C24H24F3N3O3. The van der Waals surface area contributed by atoms with Gasteiger partial charge in [0.25, 0.3) is 5.91 Å². The number of nitrogens with zero attached hydrogens (tertiary/aromatic N) is 3. The molecule has 0 saturated carbocycles. The molecule has 5 rings (SSSR count). The van der Waals surface area contributed by atoms with Crippen LogP contribution in [0, 0.1) is 22.9 Å². The molecular weight excluding hydrogens is 435 g/mol. The highest BCUT2D eigenvalue weighted by Gasteiger charge is 2.56. The van der Waals surface area contributed by atoms with Crippen LogP contribution in [0.2, 0.25) is 0 Å². The van der Waals surface area contributed by atoms with Crippen molar-refractivity contribution in [3.8, 4) is 5.75 Å². The molecule has 0 unspecified atom stereocenters. The fourth-order valence-electron chi connectivity index (χ4n) is 5.35. The zero-order valence-corrected chi connectivity index (χ0v) is 18.2. The van der Waals surface area contributed by atoms with Crippen LogP contribution in [0.1, 0.15) is 41.2 Å². The van der Waals surface area contributed by atoms with E-state index in [1.807, 2.05) is 5.01 Å². The van der Waals surface area contributed by atoms with Crippen LogP contribution in [0.15, 0.2) is 36.4 Å². The smallest absolute Gasteiger partial charge is 0.253 e. The summed E-state index contributed by atoms with van der Waals surface area (Å²) in [5.41, 5.74) is 0.0565. The number of likely N-dealkylation sites (tertiary alicyclic amines) is 1. The molecule has 3 heterocycles. The van der Waals surface area contributed by atoms with E-state index in [1.165, 1.54) is 31.4 Å². The lowest BCUT2D eigenvalue weighted by Gasteiger charge is -2.38. The van der Waals surface area contributed by atoms with Crippen LogP contribution < -0.4 is 4.74 Å². The second kappa shape index (κ2) is 8.06. The highest BCUT2D eigenvalue weighted by molar-refractivity contribution is 5.95. The van der Waals surface area contributed by atoms with Crippen molar-refractivity contribution in [2.75, 3.05) is 33.3 Å². The number of ether oxygens (including phenoxy) is 1. The van der Waals surface area contributed by atoms with Gasteiger partial charge in [0.05, 0.1) is 18.6 Å². The van der Waals surface area contributed by atoms with Crippen LogP contribution in [-0.4, -0.2) is 60.0 Å². The van der Waals surface area contributed by atoms with Gasteiger partial charge >= 0.3 is 0 Å². The van der Waals surface area contributed by atoms with Crippen molar-refractivity contribution in [2.24, 2.45) is 5.41 Å². The quantitative estimate of drug-likeness (QED) is 0.705. The standard InChI is InChI=1S/C24H24F3N3O3/c1-33-21-3-2-15(12-19(21)27)22(31)28-8-5-24(6-9-28)14-29-7-4-20(30(29)23(24)32)16-10-17(25)13-18(26)11-16/h2-3,10-13,20H,4-9,14H2,1H3/t20-/m0/s1. The summed E-state index contributed by atoms with van der Waals surface area (Å²) in [6.45, 7) is 1.90. The fourth-order valence-corrected chi connectivity index (χ4v) is 5.35. The number of methoxy groups -OCH3 is 1. The lowest BCUT2D eigenvalue weighted by molar-refractivity contribution is -0.144. The van der Waals surface area contributed by atoms with Gasteiger partial charge in [-0.3, -0.25) is 14.6 Å². The number of hydrazine groups is 1. The predicted octanol–water partition coefficient (Wildman–Crippen LogP) is 3.54. The number of hydrogen-bond donors (Lipinski definition) is 0. The molecule has 3 saturated heterocycles. The highest BCUT2D eigenvalue weighted by atomic mass is 19.1. The van der Waals surface area contributed by atoms with E-state index in [0.717, 1.165) is 12.1 Å². The molecule has 0 aliphatic carbocycles. The van der Waals surface area contributed by atoms with Gasteiger partial charge in [-0.25, -0.2) is 18.2 Å². The van der Waals surface area contributed by atoms with E-state index in [1.54, 1.807) is 9.91 Å². The molecule has 0 bridgehead atoms. The van der Waals surface area contributed by atoms with Crippen LogP contribution in [0.25, 0.3) is 0 Å². The van der Waals surface area contributed by atoms with Gasteiger partial charge in [0.2, 0.25) is 5.91 Å². The molecule has 0 radical (unpaired) electrons. The van der Waals surface area contributed by atoms with E-state index in [0.29, 0.717) is 51.0 Å². The number of carbonyl (C=O) groups is 2. The Bertz CT molecular complexity index is 1100. The Kier molecular flexibility index (Phi) is 5.31. The van der Waals surface area contributed by atoms with E-state index in [2.05, 4.69) is 0 Å². The Morgan fingerprint density at radius 3 is 2.36 bits per heavy atom. The van der Waals surface area contributed by atoms with Crippen molar-refractivity contribution in [1.29, 1.82) is 0 Å². The molecule has 2 aromatic rings. The Labute approximate surface area is 189 Å². The zero-order valence-electron chi connectivity index (χ0n) is 18.2. The summed E-state index contributed by atoms with van der Waals surface area (Å²) in [6.07, 6.45) is 1.57. The summed E-state index contributed by atoms with van der Waals surface area (Å²) in [5.74, 6) is -2.19. The number of halogens is 3. The van der Waals surface area contributed by atoms with Gasteiger partial charge in [0.1, 0.15) is 11.6 Å². The maximum Gasteiger partial charge on any atom is 0.253 e. The van der Waals surface area contributed by atoms with Gasteiger partial charge in [0.15, 0.2) is 11.6 Å². The van der Waals surface area contributed by atoms with Crippen molar-refractivity contribution in [1.82, 2.24) is 14.9 Å². The molecule has 174 valence electrons. The largest absolute Gasteiger partial charge is 0.494 e. The van der Waals surface area contributed by atoms with Crippen molar-refractivity contribution >= 4 is 11.8 Å². The normalized spacial score (nSPS) is 22.2. The molecule has 1 spiro atoms. The molecule has 33 heavy (non-hydrogen) atoms. The first-order chi connectivity index (χ1) is 15.8. The maximum atomic E-state index is 14.0. The van der Waals surface area contributed by atoms with Crippen LogP contribution >= 0.6 is 0 Å². The molecule has 0 aromatic heterocycles. The molecule has 3 fully saturated rings. The number of hydrogen-bond acceptors (Lipinski definition) is 4. The molecule has 9 heteroatoms. The first-order valence-corrected chi connectivity index (χ1v) is 11.0. The van der Waals surface area contributed by atoms with Gasteiger partial charge in [-0.05, 0) is 55.2 Å². The summed E-state index contributed by atoms with van der Waals surface area (Å²) in [7, 11) is 1.36. The second-order valence-corrected chi connectivity index (χ2v) is 8.97. The first-order valence-electron chi connectivity index (χ1n) is 11.0. The highest BCUT2D eigenvalue weighted by Crippen LogP contribution is 2.47. The lowest BCUT2D eigenvalue weighted by Crippen LogP contribution is -2.48. The van der Waals surface area contributed by atoms with Gasteiger partial charge < -0.3 is 9.64 Å². The number of benzene rings is 2. The van der Waals surface area contributed by atoms with Crippen LogP contribution in [0.5, 0.6) is 5.75 Å². The number of fused-ring (bicyclic) bond motifs is 1. The van der Waals surface area contributed by atoms with Crippen molar-refractivity contribution in [3.63, 3.8) is 0 Å². The Morgan fingerprint density at radius 1 is 1.03 bits per heavy atom. The number of amides is 2. The monoisotopic (exact) mass is 459 g/mol. The average Bonchev–Trinajstić information content (AvgIpc) is 3.31. The minimum atomic E-state index is -0.661. The Hall–Kier alpha value is -3.07. The first kappa shape index (κ1) is 21.8. The molecule has 6 nitrogen and oxygen atoms in total. The average molecular weight is 459 g/mol. The lowest BCUT2D eigenvalue weighted by atomic mass is 9.77. The summed E-state index contributed by atoms with van der Waals surface area (Å²) >= 11 is 0. The van der Waals surface area contributed by atoms with Gasteiger partial charge in [0, 0.05) is 37.8 Å². The van der Waals surface area contributed by atoms with Crippen molar-refractivity contribution in [3.05, 3.63) is 65.0 Å². The third-order valence-corrected chi connectivity index (χ3v) is 7.08. The van der Waals surface area contributed by atoms with Crippen LogP contribution in [-0.2, 0) is 4.79 Å². The van der Waals surface area contributed by atoms with Crippen LogP contribution in [0.4, 0.5) is 13.2 Å². The van der Waals surface area contributed by atoms with Crippen molar-refractivity contribution < 1.29 is 27.5 Å². The van der Waals surface area contributed by atoms with Gasteiger partial charge in [-0.15, -0.1) is 0 Å². The topological polar surface area (TPSA) is 53.1 Å². The molecule has 2 amide bonds. The Balaban J connectivity index is 1.30. The molecule has 2 aromatic carbocycles. The van der Waals surface area contributed by atoms with Crippen LogP contribution in [0.3, 0.4) is 0 Å². The summed E-state index contributed by atoms with van der Waals surface area (Å²) in [6, 6.07) is 7.10. The number of carbonyl (C=O) groups excluding carboxylic acids is 2. The van der Waals surface area contributed by atoms with E-state index in [9.17, 15) is 22.8 Å². The predicted molar refractivity (Wildman–Crippen MR) is 113 cm³/mol. The Morgan fingerprint density at radius 2 is 1.73 bits per heavy atom. The molecule has 0 N–H and O–H groups in total. The third kappa shape index (κ3) is 3.64. The maximum absolute atomic E-state index is 14.0. The number of piperidine rings is 1. The summed E-state index contributed by atoms with van der Waals surface area (Å²) in [4.78, 5) is 28.0. The summed E-state index contributed by atoms with van der Waals surface area (Å²) in [5, 5.41) is 3.62. The minimum absolute atomic E-state index is 0.0581. The third-order valence-electron chi connectivity index (χ3n) is 7.08. The van der Waals surface area contributed by atoms with E-state index in [4.69, 9.17) is 4.74 Å². The molecule has 3 aliphatic heterocycles. The van der Waals surface area contributed by atoms with Gasteiger partial charge in [-0.1, -0.05) is 0 Å². The number of rotatable bonds is 3. The summed E-state index contributed by atoms with van der Waals surface area (Å²) < 4.78 is 46.5. The SMILES string of the molecule is COc1ccc(C(=O)N2CCC3(CC2)CN2CC[C@@H](c4cc(F)cc(F)c4)N2C3=O)cc1F. The van der Waals surface area contributed by atoms with Gasteiger partial charge in [-0.2, -0.15) is 0 Å². The zero-order chi connectivity index (χ0) is 23.3. The fraction of sp³-hybridized carbons (Fsp3) is 0.417. The van der Waals surface area contributed by atoms with E-state index < -0.39 is 28.9 Å². The van der Waals surface area contributed by atoms with Crippen molar-refractivity contribution in [2.45, 2.75) is 25.3 Å².